The van der Waals surface area contributed by atoms with E-state index in [1.807, 2.05) is 30.3 Å². The van der Waals surface area contributed by atoms with Gasteiger partial charge >= 0.3 is 0 Å². The average molecular weight is 268 g/mol. The first-order valence-electron chi connectivity index (χ1n) is 6.40. The van der Waals surface area contributed by atoms with Gasteiger partial charge in [0.05, 0.1) is 5.75 Å². The molecular formula is C13H20N2O2S. The van der Waals surface area contributed by atoms with Crippen molar-refractivity contribution in [3.63, 3.8) is 0 Å². The maximum absolute atomic E-state index is 11.9. The van der Waals surface area contributed by atoms with Crippen LogP contribution in [0.1, 0.15) is 24.8 Å². The summed E-state index contributed by atoms with van der Waals surface area (Å²) in [7, 11) is -3.19. The van der Waals surface area contributed by atoms with Crippen LogP contribution in [-0.4, -0.2) is 26.8 Å². The molecule has 0 amide bonds. The molecule has 1 heterocycles. The van der Waals surface area contributed by atoms with Crippen molar-refractivity contribution in [1.82, 2.24) is 10.0 Å². The van der Waals surface area contributed by atoms with Crippen LogP contribution in [0.15, 0.2) is 30.3 Å². The molecule has 18 heavy (non-hydrogen) atoms. The molecule has 0 spiro atoms. The maximum atomic E-state index is 11.9. The Labute approximate surface area is 109 Å². The Morgan fingerprint density at radius 2 is 2.00 bits per heavy atom. The zero-order valence-electron chi connectivity index (χ0n) is 10.4. The molecule has 1 fully saturated rings. The van der Waals surface area contributed by atoms with Crippen molar-refractivity contribution < 1.29 is 8.42 Å². The molecule has 1 atom stereocenters. The zero-order valence-corrected chi connectivity index (χ0v) is 11.2. The molecule has 5 heteroatoms. The van der Waals surface area contributed by atoms with Crippen LogP contribution < -0.4 is 10.0 Å². The Kier molecular flexibility index (Phi) is 4.74. The lowest BCUT2D eigenvalue weighted by atomic mass is 10.1. The van der Waals surface area contributed by atoms with Gasteiger partial charge in [0, 0.05) is 12.6 Å². The number of rotatable bonds is 5. The van der Waals surface area contributed by atoms with E-state index in [1.165, 1.54) is 0 Å². The summed E-state index contributed by atoms with van der Waals surface area (Å²) in [4.78, 5) is 0. The molecule has 100 valence electrons. The molecule has 2 N–H and O–H groups in total. The van der Waals surface area contributed by atoms with Crippen LogP contribution in [0.5, 0.6) is 0 Å². The first kappa shape index (κ1) is 13.5. The minimum Gasteiger partial charge on any atom is -0.313 e. The van der Waals surface area contributed by atoms with Crippen LogP contribution in [0.3, 0.4) is 0 Å². The predicted octanol–water partition coefficient (Wildman–Crippen LogP) is 1.25. The summed E-state index contributed by atoms with van der Waals surface area (Å²) in [6.45, 7) is 1.30. The van der Waals surface area contributed by atoms with Crippen molar-refractivity contribution >= 4 is 10.0 Å². The molecule has 1 aliphatic heterocycles. The van der Waals surface area contributed by atoms with E-state index in [-0.39, 0.29) is 11.8 Å². The van der Waals surface area contributed by atoms with E-state index < -0.39 is 10.0 Å². The van der Waals surface area contributed by atoms with Crippen LogP contribution in [0, 0.1) is 0 Å². The van der Waals surface area contributed by atoms with Crippen molar-refractivity contribution in [2.45, 2.75) is 31.8 Å². The molecular weight excluding hydrogens is 248 g/mol. The van der Waals surface area contributed by atoms with Gasteiger partial charge in [-0.05, 0) is 24.9 Å². The van der Waals surface area contributed by atoms with E-state index >= 15 is 0 Å². The smallest absolute Gasteiger partial charge is 0.213 e. The van der Waals surface area contributed by atoms with E-state index in [0.29, 0.717) is 6.54 Å². The van der Waals surface area contributed by atoms with Crippen LogP contribution in [-0.2, 0) is 16.6 Å². The van der Waals surface area contributed by atoms with Crippen molar-refractivity contribution in [2.75, 3.05) is 12.3 Å². The summed E-state index contributed by atoms with van der Waals surface area (Å²) in [5.41, 5.74) is 0.984. The fraction of sp³-hybridized carbons (Fsp3) is 0.538. The highest BCUT2D eigenvalue weighted by molar-refractivity contribution is 7.89. The quantitative estimate of drug-likeness (QED) is 0.845. The molecule has 1 saturated heterocycles. The molecule has 2 rings (SSSR count). The minimum atomic E-state index is -3.19. The van der Waals surface area contributed by atoms with Gasteiger partial charge in [-0.25, -0.2) is 13.1 Å². The number of hydrogen-bond donors (Lipinski definition) is 2. The molecule has 0 bridgehead atoms. The van der Waals surface area contributed by atoms with Gasteiger partial charge in [0.2, 0.25) is 10.0 Å². The molecule has 1 aromatic rings. The minimum absolute atomic E-state index is 0.104. The highest BCUT2D eigenvalue weighted by atomic mass is 32.2. The van der Waals surface area contributed by atoms with E-state index in [2.05, 4.69) is 10.0 Å². The normalized spacial score (nSPS) is 20.8. The van der Waals surface area contributed by atoms with Gasteiger partial charge in [-0.2, -0.15) is 0 Å². The molecule has 1 aliphatic rings. The van der Waals surface area contributed by atoms with Gasteiger partial charge < -0.3 is 5.32 Å². The highest BCUT2D eigenvalue weighted by Gasteiger charge is 2.20. The third kappa shape index (κ3) is 4.40. The maximum Gasteiger partial charge on any atom is 0.213 e. The molecule has 0 aromatic heterocycles. The lowest BCUT2D eigenvalue weighted by molar-refractivity contribution is 0.422. The lowest BCUT2D eigenvalue weighted by Gasteiger charge is -2.23. The van der Waals surface area contributed by atoms with Gasteiger partial charge in [-0.3, -0.25) is 0 Å². The second-order valence-corrected chi connectivity index (χ2v) is 6.59. The van der Waals surface area contributed by atoms with Crippen LogP contribution in [0.2, 0.25) is 0 Å². The molecule has 4 nitrogen and oxygen atoms in total. The number of benzene rings is 1. The Bertz CT molecular complexity index is 453. The molecule has 1 unspecified atom stereocenters. The summed E-state index contributed by atoms with van der Waals surface area (Å²) in [6.07, 6.45) is 3.21. The second-order valence-electron chi connectivity index (χ2n) is 4.73. The topological polar surface area (TPSA) is 58.2 Å². The summed E-state index contributed by atoms with van der Waals surface area (Å²) in [5.74, 6) is 0.180. The van der Waals surface area contributed by atoms with Gasteiger partial charge in [0.15, 0.2) is 0 Å². The van der Waals surface area contributed by atoms with E-state index in [1.54, 1.807) is 0 Å². The molecule has 0 saturated carbocycles. The lowest BCUT2D eigenvalue weighted by Crippen LogP contribution is -2.42. The van der Waals surface area contributed by atoms with Crippen molar-refractivity contribution in [2.24, 2.45) is 0 Å². The van der Waals surface area contributed by atoms with Gasteiger partial charge in [-0.1, -0.05) is 36.8 Å². The second kappa shape index (κ2) is 6.31. The Morgan fingerprint density at radius 1 is 1.22 bits per heavy atom. The first-order valence-corrected chi connectivity index (χ1v) is 8.05. The zero-order chi connectivity index (χ0) is 12.8. The van der Waals surface area contributed by atoms with E-state index in [9.17, 15) is 8.42 Å². The third-order valence-electron chi connectivity index (χ3n) is 3.17. The third-order valence-corrected chi connectivity index (χ3v) is 4.60. The van der Waals surface area contributed by atoms with Gasteiger partial charge in [0.25, 0.3) is 0 Å². The number of nitrogens with one attached hydrogen (secondary N) is 2. The summed E-state index contributed by atoms with van der Waals surface area (Å²) >= 11 is 0. The van der Waals surface area contributed by atoms with E-state index in [0.717, 1.165) is 31.4 Å². The Balaban J connectivity index is 1.83. The summed E-state index contributed by atoms with van der Waals surface area (Å²) < 4.78 is 26.5. The number of hydrogen-bond acceptors (Lipinski definition) is 3. The first-order chi connectivity index (χ1) is 8.66. The van der Waals surface area contributed by atoms with Crippen molar-refractivity contribution in [1.29, 1.82) is 0 Å². The van der Waals surface area contributed by atoms with Gasteiger partial charge in [0.1, 0.15) is 0 Å². The monoisotopic (exact) mass is 268 g/mol. The van der Waals surface area contributed by atoms with Gasteiger partial charge in [-0.15, -0.1) is 0 Å². The molecule has 0 aliphatic carbocycles. The highest BCUT2D eigenvalue weighted by Crippen LogP contribution is 2.09. The number of piperidine rings is 1. The predicted molar refractivity (Wildman–Crippen MR) is 72.7 cm³/mol. The van der Waals surface area contributed by atoms with Crippen LogP contribution >= 0.6 is 0 Å². The van der Waals surface area contributed by atoms with Crippen LogP contribution in [0.4, 0.5) is 0 Å². The van der Waals surface area contributed by atoms with Crippen molar-refractivity contribution in [3.05, 3.63) is 35.9 Å². The largest absolute Gasteiger partial charge is 0.313 e. The average Bonchev–Trinajstić information content (AvgIpc) is 2.38. The SMILES string of the molecule is O=S(=O)(CC1CCCCN1)NCc1ccccc1. The molecule has 0 radical (unpaired) electrons. The summed E-state index contributed by atoms with van der Waals surface area (Å²) in [6, 6.07) is 9.68. The van der Waals surface area contributed by atoms with E-state index in [4.69, 9.17) is 0 Å². The Hall–Kier alpha value is -0.910. The summed E-state index contributed by atoms with van der Waals surface area (Å²) in [5, 5.41) is 3.25. The van der Waals surface area contributed by atoms with Crippen LogP contribution in [0.25, 0.3) is 0 Å². The fourth-order valence-corrected chi connectivity index (χ4v) is 3.50. The Morgan fingerprint density at radius 3 is 2.67 bits per heavy atom. The standard InChI is InChI=1S/C13H20N2O2S/c16-18(17,11-13-8-4-5-9-14-13)15-10-12-6-2-1-3-7-12/h1-3,6-7,13-15H,4-5,8-11H2. The fourth-order valence-electron chi connectivity index (χ4n) is 2.18. The molecule has 1 aromatic carbocycles. The van der Waals surface area contributed by atoms with Crippen molar-refractivity contribution in [3.8, 4) is 0 Å². The number of sulfonamides is 1.